The molecule has 1 atom stereocenters. The number of hydrogen-bond acceptors (Lipinski definition) is 5. The number of nitrogens with one attached hydrogen (secondary N) is 1. The number of carbonyl (C=O) groups is 3. The van der Waals surface area contributed by atoms with Gasteiger partial charge in [-0.1, -0.05) is 30.3 Å². The second-order valence-corrected chi connectivity index (χ2v) is 6.01. The maximum absolute atomic E-state index is 12.3. The van der Waals surface area contributed by atoms with Gasteiger partial charge in [0.15, 0.2) is 6.10 Å². The van der Waals surface area contributed by atoms with Gasteiger partial charge in [-0.3, -0.25) is 14.4 Å². The molecule has 0 saturated carbocycles. The van der Waals surface area contributed by atoms with Gasteiger partial charge in [0.2, 0.25) is 11.7 Å². The van der Waals surface area contributed by atoms with Crippen LogP contribution in [0.4, 0.5) is 0 Å². The summed E-state index contributed by atoms with van der Waals surface area (Å²) in [6.45, 7) is 1.64. The number of esters is 1. The van der Waals surface area contributed by atoms with Crippen molar-refractivity contribution >= 4 is 23.7 Å². The van der Waals surface area contributed by atoms with Gasteiger partial charge in [0, 0.05) is 18.2 Å². The molecular formula is C22H23NO5. The van der Waals surface area contributed by atoms with Crippen LogP contribution in [0.1, 0.15) is 29.3 Å². The number of ether oxygens (including phenoxy) is 2. The van der Waals surface area contributed by atoms with Gasteiger partial charge in [-0.15, -0.1) is 0 Å². The molecule has 1 N–H and O–H groups in total. The molecule has 0 aliphatic carbocycles. The van der Waals surface area contributed by atoms with E-state index in [4.69, 9.17) is 9.47 Å². The Kier molecular flexibility index (Phi) is 7.96. The van der Waals surface area contributed by atoms with Crippen molar-refractivity contribution in [1.82, 2.24) is 5.32 Å². The molecule has 0 aromatic heterocycles. The van der Waals surface area contributed by atoms with E-state index in [1.807, 2.05) is 30.3 Å². The highest BCUT2D eigenvalue weighted by atomic mass is 16.5. The van der Waals surface area contributed by atoms with Gasteiger partial charge in [0.25, 0.3) is 0 Å². The maximum Gasteiger partial charge on any atom is 0.308 e. The van der Waals surface area contributed by atoms with Crippen LogP contribution in [-0.4, -0.2) is 37.4 Å². The second-order valence-electron chi connectivity index (χ2n) is 6.01. The van der Waals surface area contributed by atoms with Gasteiger partial charge < -0.3 is 14.8 Å². The number of Topliss-reactive ketones (excluding diaryl/α,β-unsaturated/α-hetero) is 1. The van der Waals surface area contributed by atoms with Gasteiger partial charge in [-0.2, -0.15) is 0 Å². The first-order valence-electron chi connectivity index (χ1n) is 8.88. The number of hydrogen-bond donors (Lipinski definition) is 1. The molecule has 0 aliphatic heterocycles. The molecule has 0 bridgehead atoms. The average Bonchev–Trinajstić information content (AvgIpc) is 2.72. The lowest BCUT2D eigenvalue weighted by molar-refractivity contribution is -0.146. The second kappa shape index (κ2) is 10.7. The fourth-order valence-corrected chi connectivity index (χ4v) is 2.38. The van der Waals surface area contributed by atoms with E-state index in [0.29, 0.717) is 11.3 Å². The summed E-state index contributed by atoms with van der Waals surface area (Å²) in [5.74, 6) is -0.523. The minimum absolute atomic E-state index is 0.0227. The van der Waals surface area contributed by atoms with E-state index in [1.165, 1.54) is 20.1 Å². The molecule has 0 fully saturated rings. The highest BCUT2D eigenvalue weighted by Crippen LogP contribution is 2.14. The van der Waals surface area contributed by atoms with Gasteiger partial charge in [0.1, 0.15) is 5.75 Å². The van der Waals surface area contributed by atoms with Crippen molar-refractivity contribution in [2.24, 2.45) is 0 Å². The van der Waals surface area contributed by atoms with Crippen LogP contribution in [0.3, 0.4) is 0 Å². The molecule has 2 aromatic rings. The van der Waals surface area contributed by atoms with Crippen molar-refractivity contribution in [3.63, 3.8) is 0 Å². The third-order valence-electron chi connectivity index (χ3n) is 3.91. The smallest absolute Gasteiger partial charge is 0.308 e. The molecular weight excluding hydrogens is 358 g/mol. The zero-order chi connectivity index (χ0) is 20.4. The van der Waals surface area contributed by atoms with Crippen LogP contribution in [0.25, 0.3) is 6.08 Å². The fourth-order valence-electron chi connectivity index (χ4n) is 2.38. The topological polar surface area (TPSA) is 81.7 Å². The number of carbonyl (C=O) groups excluding carboxylic acids is 3. The summed E-state index contributed by atoms with van der Waals surface area (Å²) < 4.78 is 10.2. The monoisotopic (exact) mass is 381 g/mol. The van der Waals surface area contributed by atoms with E-state index in [9.17, 15) is 14.4 Å². The Morgan fingerprint density at radius 1 is 1.04 bits per heavy atom. The molecule has 6 heteroatoms. The highest BCUT2D eigenvalue weighted by Gasteiger charge is 2.19. The van der Waals surface area contributed by atoms with Crippen molar-refractivity contribution in [2.45, 2.75) is 19.4 Å². The van der Waals surface area contributed by atoms with Gasteiger partial charge in [-0.25, -0.2) is 0 Å². The van der Waals surface area contributed by atoms with E-state index >= 15 is 0 Å². The van der Waals surface area contributed by atoms with E-state index in [0.717, 1.165) is 5.56 Å². The quantitative estimate of drug-likeness (QED) is 0.410. The van der Waals surface area contributed by atoms with Crippen molar-refractivity contribution in [1.29, 1.82) is 0 Å². The molecule has 0 spiro atoms. The van der Waals surface area contributed by atoms with Crippen LogP contribution in [-0.2, 0) is 14.3 Å². The molecule has 2 aromatic carbocycles. The lowest BCUT2D eigenvalue weighted by Gasteiger charge is -2.12. The van der Waals surface area contributed by atoms with E-state index in [1.54, 1.807) is 30.3 Å². The van der Waals surface area contributed by atoms with E-state index in [-0.39, 0.29) is 24.7 Å². The third-order valence-corrected chi connectivity index (χ3v) is 3.91. The Morgan fingerprint density at radius 2 is 1.71 bits per heavy atom. The zero-order valence-corrected chi connectivity index (χ0v) is 15.9. The Morgan fingerprint density at radius 3 is 2.36 bits per heavy atom. The molecule has 6 nitrogen and oxygen atoms in total. The van der Waals surface area contributed by atoms with E-state index in [2.05, 4.69) is 5.32 Å². The van der Waals surface area contributed by atoms with Gasteiger partial charge in [0.05, 0.1) is 13.5 Å². The normalized spacial score (nSPS) is 11.6. The first-order chi connectivity index (χ1) is 13.5. The van der Waals surface area contributed by atoms with Crippen molar-refractivity contribution < 1.29 is 23.9 Å². The SMILES string of the molecule is COc1ccc(C(=O)[C@H](C)OC(=O)CCNC(=O)/C=C/c2ccccc2)cc1. The largest absolute Gasteiger partial charge is 0.497 e. The van der Waals surface area contributed by atoms with Crippen molar-refractivity contribution in [2.75, 3.05) is 13.7 Å². The third kappa shape index (κ3) is 6.72. The number of benzene rings is 2. The Hall–Kier alpha value is -3.41. The van der Waals surface area contributed by atoms with Crippen molar-refractivity contribution in [3.8, 4) is 5.75 Å². The molecule has 0 radical (unpaired) electrons. The number of methoxy groups -OCH3 is 1. The molecule has 1 amide bonds. The molecule has 0 saturated heterocycles. The predicted molar refractivity (Wildman–Crippen MR) is 106 cm³/mol. The molecule has 0 unspecified atom stereocenters. The lowest BCUT2D eigenvalue weighted by atomic mass is 10.1. The van der Waals surface area contributed by atoms with E-state index < -0.39 is 12.1 Å². The van der Waals surface area contributed by atoms with Crippen LogP contribution in [0.2, 0.25) is 0 Å². The molecule has 2 rings (SSSR count). The van der Waals surface area contributed by atoms with Gasteiger partial charge >= 0.3 is 5.97 Å². The highest BCUT2D eigenvalue weighted by molar-refractivity contribution is 6.00. The summed E-state index contributed by atoms with van der Waals surface area (Å²) >= 11 is 0. The van der Waals surface area contributed by atoms with Crippen molar-refractivity contribution in [3.05, 3.63) is 71.8 Å². The Bertz CT molecular complexity index is 828. The molecule has 0 heterocycles. The zero-order valence-electron chi connectivity index (χ0n) is 15.9. The number of rotatable bonds is 9. The summed E-state index contributed by atoms with van der Waals surface area (Å²) in [6, 6.07) is 16.0. The number of amides is 1. The standard InChI is InChI=1S/C22H23NO5/c1-16(22(26)18-9-11-19(27-2)12-10-18)28-21(25)14-15-23-20(24)13-8-17-6-4-3-5-7-17/h3-13,16H,14-15H2,1-2H3,(H,23,24)/b13-8+/t16-/m0/s1. The van der Waals surface area contributed by atoms with Crippen LogP contribution in [0.5, 0.6) is 5.75 Å². The Labute approximate surface area is 164 Å². The lowest BCUT2D eigenvalue weighted by Crippen LogP contribution is -2.28. The van der Waals surface area contributed by atoms with Crippen LogP contribution in [0, 0.1) is 0 Å². The first kappa shape index (κ1) is 20.9. The summed E-state index contributed by atoms with van der Waals surface area (Å²) in [6.07, 6.45) is 2.15. The Balaban J connectivity index is 1.73. The predicted octanol–water partition coefficient (Wildman–Crippen LogP) is 3.03. The first-order valence-corrected chi connectivity index (χ1v) is 8.88. The van der Waals surface area contributed by atoms with Crippen LogP contribution >= 0.6 is 0 Å². The van der Waals surface area contributed by atoms with Crippen LogP contribution < -0.4 is 10.1 Å². The molecule has 0 aliphatic rings. The summed E-state index contributed by atoms with van der Waals surface area (Å²) in [4.78, 5) is 35.9. The molecule has 146 valence electrons. The summed E-state index contributed by atoms with van der Waals surface area (Å²) in [5.41, 5.74) is 1.34. The number of ketones is 1. The summed E-state index contributed by atoms with van der Waals surface area (Å²) in [7, 11) is 1.54. The molecule has 28 heavy (non-hydrogen) atoms. The maximum atomic E-state index is 12.3. The fraction of sp³-hybridized carbons (Fsp3) is 0.227. The minimum Gasteiger partial charge on any atom is -0.497 e. The summed E-state index contributed by atoms with van der Waals surface area (Å²) in [5, 5.41) is 2.61. The average molecular weight is 381 g/mol. The van der Waals surface area contributed by atoms with Crippen LogP contribution in [0.15, 0.2) is 60.7 Å². The van der Waals surface area contributed by atoms with Gasteiger partial charge in [-0.05, 0) is 42.8 Å². The minimum atomic E-state index is -0.908.